The smallest absolute Gasteiger partial charge is 0.303 e. The Balaban J connectivity index is 1.48. The lowest BCUT2D eigenvalue weighted by molar-refractivity contribution is -0.137. The quantitative estimate of drug-likeness (QED) is 0.811. The highest BCUT2D eigenvalue weighted by Gasteiger charge is 2.21. The van der Waals surface area contributed by atoms with Crippen LogP contribution in [0.1, 0.15) is 19.3 Å². The molecule has 6 nitrogen and oxygen atoms in total. The van der Waals surface area contributed by atoms with Crippen molar-refractivity contribution in [2.75, 3.05) is 31.1 Å². The van der Waals surface area contributed by atoms with Crippen molar-refractivity contribution in [3.05, 3.63) is 54.6 Å². The van der Waals surface area contributed by atoms with Crippen molar-refractivity contribution in [2.45, 2.75) is 19.3 Å². The first-order valence-electron chi connectivity index (χ1n) is 9.19. The van der Waals surface area contributed by atoms with Crippen LogP contribution in [0.4, 0.5) is 5.69 Å². The SMILES string of the molecule is O=C(O)CCCC(=O)N1CCN(c2ccc(Oc3ccccc3)cc2)CC1. The molecule has 0 unspecified atom stereocenters. The van der Waals surface area contributed by atoms with Crippen molar-refractivity contribution < 1.29 is 19.4 Å². The second kappa shape index (κ2) is 9.07. The molecule has 1 saturated heterocycles. The number of anilines is 1. The van der Waals surface area contributed by atoms with E-state index in [4.69, 9.17) is 9.84 Å². The molecule has 3 rings (SSSR count). The number of piperazine rings is 1. The van der Waals surface area contributed by atoms with E-state index in [0.717, 1.165) is 30.3 Å². The lowest BCUT2D eigenvalue weighted by Gasteiger charge is -2.36. The molecule has 2 aromatic rings. The lowest BCUT2D eigenvalue weighted by atomic mass is 10.2. The number of carboxylic acids is 1. The van der Waals surface area contributed by atoms with Crippen LogP contribution >= 0.6 is 0 Å². The molecule has 0 radical (unpaired) electrons. The zero-order chi connectivity index (χ0) is 19.1. The van der Waals surface area contributed by atoms with E-state index < -0.39 is 5.97 Å². The van der Waals surface area contributed by atoms with Gasteiger partial charge in [0.15, 0.2) is 0 Å². The van der Waals surface area contributed by atoms with Gasteiger partial charge in [0.1, 0.15) is 11.5 Å². The number of benzene rings is 2. The molecule has 1 amide bonds. The minimum Gasteiger partial charge on any atom is -0.481 e. The maximum atomic E-state index is 12.1. The first-order valence-corrected chi connectivity index (χ1v) is 9.19. The molecule has 2 aromatic carbocycles. The predicted octanol–water partition coefficient (Wildman–Crippen LogP) is 3.38. The Morgan fingerprint density at radius 3 is 2.11 bits per heavy atom. The topological polar surface area (TPSA) is 70.1 Å². The van der Waals surface area contributed by atoms with Crippen LogP contribution in [0.15, 0.2) is 54.6 Å². The van der Waals surface area contributed by atoms with Gasteiger partial charge in [-0.3, -0.25) is 9.59 Å². The maximum Gasteiger partial charge on any atom is 0.303 e. The third-order valence-electron chi connectivity index (χ3n) is 4.59. The Hall–Kier alpha value is -3.02. The molecule has 0 atom stereocenters. The molecule has 1 heterocycles. The predicted molar refractivity (Wildman–Crippen MR) is 103 cm³/mol. The molecule has 142 valence electrons. The van der Waals surface area contributed by atoms with Gasteiger partial charge in [0, 0.05) is 44.7 Å². The van der Waals surface area contributed by atoms with Gasteiger partial charge < -0.3 is 19.6 Å². The lowest BCUT2D eigenvalue weighted by Crippen LogP contribution is -2.48. The molecule has 0 bridgehead atoms. The largest absolute Gasteiger partial charge is 0.481 e. The summed E-state index contributed by atoms with van der Waals surface area (Å²) < 4.78 is 5.81. The third kappa shape index (κ3) is 5.48. The zero-order valence-electron chi connectivity index (χ0n) is 15.2. The summed E-state index contributed by atoms with van der Waals surface area (Å²) in [6, 6.07) is 17.6. The number of nitrogens with zero attached hydrogens (tertiary/aromatic N) is 2. The molecule has 0 aromatic heterocycles. The summed E-state index contributed by atoms with van der Waals surface area (Å²) in [5, 5.41) is 8.66. The summed E-state index contributed by atoms with van der Waals surface area (Å²) in [6.07, 6.45) is 0.748. The molecule has 0 spiro atoms. The highest BCUT2D eigenvalue weighted by atomic mass is 16.5. The number of carboxylic acid groups (broad SMARTS) is 1. The van der Waals surface area contributed by atoms with E-state index in [0.29, 0.717) is 25.9 Å². The number of hydrogen-bond donors (Lipinski definition) is 1. The summed E-state index contributed by atoms with van der Waals surface area (Å²) in [5.41, 5.74) is 1.10. The second-order valence-electron chi connectivity index (χ2n) is 6.52. The second-order valence-corrected chi connectivity index (χ2v) is 6.52. The van der Waals surface area contributed by atoms with E-state index in [9.17, 15) is 9.59 Å². The van der Waals surface area contributed by atoms with Crippen molar-refractivity contribution in [3.8, 4) is 11.5 Å². The summed E-state index contributed by atoms with van der Waals surface area (Å²) >= 11 is 0. The van der Waals surface area contributed by atoms with Crippen LogP contribution in [-0.4, -0.2) is 48.1 Å². The van der Waals surface area contributed by atoms with Gasteiger partial charge in [0.05, 0.1) is 0 Å². The van der Waals surface area contributed by atoms with Crippen LogP contribution in [0.5, 0.6) is 11.5 Å². The minimum absolute atomic E-state index is 0.0440. The van der Waals surface area contributed by atoms with E-state index in [1.807, 2.05) is 59.5 Å². The number of carbonyl (C=O) groups is 2. The van der Waals surface area contributed by atoms with Gasteiger partial charge in [-0.2, -0.15) is 0 Å². The van der Waals surface area contributed by atoms with E-state index in [2.05, 4.69) is 4.90 Å². The number of amides is 1. The monoisotopic (exact) mass is 368 g/mol. The van der Waals surface area contributed by atoms with Crippen LogP contribution in [0.3, 0.4) is 0 Å². The van der Waals surface area contributed by atoms with E-state index in [-0.39, 0.29) is 12.3 Å². The molecular weight excluding hydrogens is 344 g/mol. The molecule has 27 heavy (non-hydrogen) atoms. The van der Waals surface area contributed by atoms with Crippen LogP contribution in [0.25, 0.3) is 0 Å². The molecule has 1 aliphatic rings. The number of ether oxygens (including phenoxy) is 1. The number of aliphatic carboxylic acids is 1. The van der Waals surface area contributed by atoms with Gasteiger partial charge in [-0.15, -0.1) is 0 Å². The van der Waals surface area contributed by atoms with Gasteiger partial charge in [0.25, 0.3) is 0 Å². The first-order chi connectivity index (χ1) is 13.1. The van der Waals surface area contributed by atoms with Crippen LogP contribution in [0, 0.1) is 0 Å². The fraction of sp³-hybridized carbons (Fsp3) is 0.333. The molecule has 1 fully saturated rings. The molecular formula is C21H24N2O4. The first kappa shape index (κ1) is 18.8. The summed E-state index contributed by atoms with van der Waals surface area (Å²) in [6.45, 7) is 2.86. The zero-order valence-corrected chi connectivity index (χ0v) is 15.2. The van der Waals surface area contributed by atoms with Crippen LogP contribution in [-0.2, 0) is 9.59 Å². The van der Waals surface area contributed by atoms with E-state index in [1.165, 1.54) is 0 Å². The van der Waals surface area contributed by atoms with Crippen molar-refractivity contribution >= 4 is 17.6 Å². The Morgan fingerprint density at radius 2 is 1.48 bits per heavy atom. The van der Waals surface area contributed by atoms with Crippen molar-refractivity contribution in [2.24, 2.45) is 0 Å². The van der Waals surface area contributed by atoms with E-state index in [1.54, 1.807) is 0 Å². The summed E-state index contributed by atoms with van der Waals surface area (Å²) in [4.78, 5) is 26.7. The Labute approximate surface area is 159 Å². The summed E-state index contributed by atoms with van der Waals surface area (Å²) in [5.74, 6) is 0.785. The number of para-hydroxylation sites is 1. The van der Waals surface area contributed by atoms with Gasteiger partial charge >= 0.3 is 5.97 Å². The minimum atomic E-state index is -0.854. The average molecular weight is 368 g/mol. The van der Waals surface area contributed by atoms with Crippen molar-refractivity contribution in [1.82, 2.24) is 4.90 Å². The van der Waals surface area contributed by atoms with Crippen molar-refractivity contribution in [3.63, 3.8) is 0 Å². The third-order valence-corrected chi connectivity index (χ3v) is 4.59. The Kier molecular flexibility index (Phi) is 6.30. The Bertz CT molecular complexity index is 754. The van der Waals surface area contributed by atoms with Gasteiger partial charge in [-0.25, -0.2) is 0 Å². The maximum absolute atomic E-state index is 12.1. The molecule has 1 aliphatic heterocycles. The van der Waals surface area contributed by atoms with Gasteiger partial charge in [-0.1, -0.05) is 18.2 Å². The molecule has 1 N–H and O–H groups in total. The fourth-order valence-electron chi connectivity index (χ4n) is 3.11. The standard InChI is InChI=1S/C21H24N2O4/c24-20(7-4-8-21(25)26)23-15-13-22(14-16-23)17-9-11-19(12-10-17)27-18-5-2-1-3-6-18/h1-3,5-6,9-12H,4,7-8,13-16H2,(H,25,26). The van der Waals surface area contributed by atoms with Gasteiger partial charge in [0.2, 0.25) is 5.91 Å². The molecule has 0 aliphatic carbocycles. The molecule has 6 heteroatoms. The number of rotatable bonds is 7. The number of hydrogen-bond acceptors (Lipinski definition) is 4. The van der Waals surface area contributed by atoms with E-state index >= 15 is 0 Å². The fourth-order valence-corrected chi connectivity index (χ4v) is 3.11. The van der Waals surface area contributed by atoms with Crippen LogP contribution < -0.4 is 9.64 Å². The van der Waals surface area contributed by atoms with Crippen molar-refractivity contribution in [1.29, 1.82) is 0 Å². The highest BCUT2D eigenvalue weighted by Crippen LogP contribution is 2.25. The highest BCUT2D eigenvalue weighted by molar-refractivity contribution is 5.77. The normalized spacial score (nSPS) is 14.1. The average Bonchev–Trinajstić information content (AvgIpc) is 2.69. The summed E-state index contributed by atoms with van der Waals surface area (Å²) in [7, 11) is 0. The Morgan fingerprint density at radius 1 is 0.852 bits per heavy atom. The van der Waals surface area contributed by atoms with Gasteiger partial charge in [-0.05, 0) is 42.8 Å². The number of carbonyl (C=O) groups excluding carboxylic acids is 1. The molecule has 0 saturated carbocycles. The van der Waals surface area contributed by atoms with Crippen LogP contribution in [0.2, 0.25) is 0 Å².